The van der Waals surface area contributed by atoms with Crippen molar-refractivity contribution in [1.82, 2.24) is 4.72 Å². The third-order valence-corrected chi connectivity index (χ3v) is 5.13. The molecule has 1 unspecified atom stereocenters. The Morgan fingerprint density at radius 2 is 2.05 bits per heavy atom. The largest absolute Gasteiger partial charge is 0.240 e. The van der Waals surface area contributed by atoms with Crippen molar-refractivity contribution in [2.45, 2.75) is 44.4 Å². The van der Waals surface area contributed by atoms with E-state index in [1.54, 1.807) is 18.2 Å². The van der Waals surface area contributed by atoms with Gasteiger partial charge < -0.3 is 0 Å². The molecule has 0 aliphatic carbocycles. The van der Waals surface area contributed by atoms with Crippen LogP contribution in [-0.4, -0.2) is 15.0 Å². The van der Waals surface area contributed by atoms with Crippen molar-refractivity contribution in [2.24, 2.45) is 5.92 Å². The third-order valence-electron chi connectivity index (χ3n) is 3.21. The topological polar surface area (TPSA) is 46.2 Å². The van der Waals surface area contributed by atoms with Gasteiger partial charge in [-0.1, -0.05) is 55.1 Å². The number of rotatable bonds is 8. The highest BCUT2D eigenvalue weighted by molar-refractivity contribution is 9.10. The smallest absolute Gasteiger partial charge is 0.211 e. The predicted molar refractivity (Wildman–Crippen MR) is 82.6 cm³/mol. The molecule has 0 aromatic heterocycles. The molecular weight excluding hydrogens is 326 g/mol. The molecule has 19 heavy (non-hydrogen) atoms. The zero-order chi connectivity index (χ0) is 14.3. The molecule has 0 aliphatic heterocycles. The van der Waals surface area contributed by atoms with E-state index in [9.17, 15) is 8.42 Å². The number of sulfonamides is 1. The van der Waals surface area contributed by atoms with Gasteiger partial charge in [-0.05, 0) is 30.5 Å². The maximum absolute atomic E-state index is 12.1. The lowest BCUT2D eigenvalue weighted by Crippen LogP contribution is -2.29. The van der Waals surface area contributed by atoms with E-state index in [0.717, 1.165) is 30.2 Å². The quantitative estimate of drug-likeness (QED) is 0.773. The summed E-state index contributed by atoms with van der Waals surface area (Å²) in [7, 11) is -3.39. The minimum atomic E-state index is -3.39. The molecule has 0 spiro atoms. The molecule has 1 rings (SSSR count). The van der Waals surface area contributed by atoms with Gasteiger partial charge in [-0.15, -0.1) is 0 Å². The van der Waals surface area contributed by atoms with Crippen LogP contribution in [0.15, 0.2) is 33.6 Å². The Morgan fingerprint density at radius 1 is 1.32 bits per heavy atom. The lowest BCUT2D eigenvalue weighted by Gasteiger charge is -2.15. The predicted octanol–water partition coefficient (Wildman–Crippen LogP) is 3.94. The highest BCUT2D eigenvalue weighted by Gasteiger charge is 2.16. The van der Waals surface area contributed by atoms with Crippen LogP contribution < -0.4 is 4.72 Å². The molecule has 0 amide bonds. The summed E-state index contributed by atoms with van der Waals surface area (Å²) in [5.41, 5.74) is 0. The monoisotopic (exact) mass is 347 g/mol. The van der Waals surface area contributed by atoms with Crippen molar-refractivity contribution < 1.29 is 8.42 Å². The summed E-state index contributed by atoms with van der Waals surface area (Å²) in [5.74, 6) is 0.418. The Labute approximate surface area is 125 Å². The number of benzene rings is 1. The minimum absolute atomic E-state index is 0.312. The van der Waals surface area contributed by atoms with Crippen LogP contribution in [0.4, 0.5) is 0 Å². The van der Waals surface area contributed by atoms with Crippen molar-refractivity contribution in [3.05, 3.63) is 28.7 Å². The number of hydrogen-bond acceptors (Lipinski definition) is 2. The number of hydrogen-bond donors (Lipinski definition) is 1. The second-order valence-electron chi connectivity index (χ2n) is 4.73. The average molecular weight is 348 g/mol. The first-order valence-electron chi connectivity index (χ1n) is 6.74. The second kappa shape index (κ2) is 8.02. The van der Waals surface area contributed by atoms with Crippen molar-refractivity contribution in [3.8, 4) is 0 Å². The lowest BCUT2D eigenvalue weighted by molar-refractivity contribution is 0.443. The standard InChI is InChI=1S/C14H22BrNO2S/c1-3-5-7-12(4-2)11-16-19(17,18)14-9-6-8-13(15)10-14/h6,8-10,12,16H,3-5,7,11H2,1-2H3. The molecule has 0 radical (unpaired) electrons. The van der Waals surface area contributed by atoms with Gasteiger partial charge in [-0.2, -0.15) is 0 Å². The van der Waals surface area contributed by atoms with Gasteiger partial charge in [0.05, 0.1) is 4.90 Å². The molecule has 0 saturated heterocycles. The SMILES string of the molecule is CCCCC(CC)CNS(=O)(=O)c1cccc(Br)c1. The van der Waals surface area contributed by atoms with Gasteiger partial charge in [0.1, 0.15) is 0 Å². The molecule has 0 heterocycles. The van der Waals surface area contributed by atoms with Gasteiger partial charge in [-0.3, -0.25) is 0 Å². The zero-order valence-electron chi connectivity index (χ0n) is 11.5. The Bertz CT molecular complexity index is 488. The molecule has 1 N–H and O–H groups in total. The fraction of sp³-hybridized carbons (Fsp3) is 0.571. The van der Waals surface area contributed by atoms with Crippen LogP contribution in [0.3, 0.4) is 0 Å². The molecule has 1 aromatic rings. The van der Waals surface area contributed by atoms with Crippen LogP contribution in [-0.2, 0) is 10.0 Å². The fourth-order valence-electron chi connectivity index (χ4n) is 1.89. The Balaban J connectivity index is 2.64. The number of nitrogens with one attached hydrogen (secondary N) is 1. The van der Waals surface area contributed by atoms with Gasteiger partial charge in [0.2, 0.25) is 10.0 Å². The van der Waals surface area contributed by atoms with Gasteiger partial charge in [-0.25, -0.2) is 13.1 Å². The Hall–Kier alpha value is -0.390. The van der Waals surface area contributed by atoms with Gasteiger partial charge in [0.15, 0.2) is 0 Å². The van der Waals surface area contributed by atoms with Crippen molar-refractivity contribution in [2.75, 3.05) is 6.54 Å². The maximum Gasteiger partial charge on any atom is 0.240 e. The van der Waals surface area contributed by atoms with Crippen molar-refractivity contribution >= 4 is 26.0 Å². The minimum Gasteiger partial charge on any atom is -0.211 e. The van der Waals surface area contributed by atoms with Gasteiger partial charge in [0, 0.05) is 11.0 Å². The van der Waals surface area contributed by atoms with Crippen LogP contribution in [0, 0.1) is 5.92 Å². The molecule has 0 saturated carbocycles. The summed E-state index contributed by atoms with van der Waals surface area (Å²) in [6.45, 7) is 4.78. The van der Waals surface area contributed by atoms with Crippen LogP contribution in [0.1, 0.15) is 39.5 Å². The van der Waals surface area contributed by atoms with E-state index >= 15 is 0 Å². The van der Waals surface area contributed by atoms with Gasteiger partial charge >= 0.3 is 0 Å². The van der Waals surface area contributed by atoms with E-state index in [4.69, 9.17) is 0 Å². The van der Waals surface area contributed by atoms with E-state index in [1.165, 1.54) is 0 Å². The molecule has 0 aliphatic rings. The number of halogens is 1. The van der Waals surface area contributed by atoms with E-state index in [2.05, 4.69) is 34.5 Å². The summed E-state index contributed by atoms with van der Waals surface area (Å²) in [5, 5.41) is 0. The molecule has 5 heteroatoms. The van der Waals surface area contributed by atoms with Crippen LogP contribution >= 0.6 is 15.9 Å². The molecular formula is C14H22BrNO2S. The highest BCUT2D eigenvalue weighted by atomic mass is 79.9. The van der Waals surface area contributed by atoms with Gasteiger partial charge in [0.25, 0.3) is 0 Å². The fourth-order valence-corrected chi connectivity index (χ4v) is 3.60. The Morgan fingerprint density at radius 3 is 2.63 bits per heavy atom. The molecule has 3 nitrogen and oxygen atoms in total. The normalized spacial score (nSPS) is 13.4. The van der Waals surface area contributed by atoms with E-state index in [-0.39, 0.29) is 0 Å². The average Bonchev–Trinajstić information content (AvgIpc) is 2.39. The summed E-state index contributed by atoms with van der Waals surface area (Å²) in [6.07, 6.45) is 4.38. The van der Waals surface area contributed by atoms with Crippen LogP contribution in [0.2, 0.25) is 0 Å². The second-order valence-corrected chi connectivity index (χ2v) is 7.41. The maximum atomic E-state index is 12.1. The molecule has 1 atom stereocenters. The summed E-state index contributed by atoms with van der Waals surface area (Å²) in [4.78, 5) is 0.312. The highest BCUT2D eigenvalue weighted by Crippen LogP contribution is 2.17. The first-order valence-corrected chi connectivity index (χ1v) is 9.02. The first kappa shape index (κ1) is 16.7. The molecule has 0 bridgehead atoms. The third kappa shape index (κ3) is 5.63. The zero-order valence-corrected chi connectivity index (χ0v) is 13.9. The van der Waals surface area contributed by atoms with Crippen LogP contribution in [0.25, 0.3) is 0 Å². The van der Waals surface area contributed by atoms with Crippen LogP contribution in [0.5, 0.6) is 0 Å². The summed E-state index contributed by atoms with van der Waals surface area (Å²) < 4.78 is 27.8. The van der Waals surface area contributed by atoms with E-state index < -0.39 is 10.0 Å². The van der Waals surface area contributed by atoms with Crippen molar-refractivity contribution in [3.63, 3.8) is 0 Å². The lowest BCUT2D eigenvalue weighted by atomic mass is 10.00. The Kier molecular flexibility index (Phi) is 7.04. The summed E-state index contributed by atoms with van der Waals surface area (Å²) >= 11 is 3.29. The molecule has 0 fully saturated rings. The molecule has 108 valence electrons. The first-order chi connectivity index (χ1) is 8.99. The van der Waals surface area contributed by atoms with E-state index in [1.807, 2.05) is 6.07 Å². The number of unbranched alkanes of at least 4 members (excludes halogenated alkanes) is 1. The summed E-state index contributed by atoms with van der Waals surface area (Å²) in [6, 6.07) is 6.78. The van der Waals surface area contributed by atoms with Crippen molar-refractivity contribution in [1.29, 1.82) is 0 Å². The molecule has 1 aromatic carbocycles. The van der Waals surface area contributed by atoms with E-state index in [0.29, 0.717) is 17.4 Å².